The van der Waals surface area contributed by atoms with Crippen LogP contribution in [0, 0.1) is 17.0 Å². The normalized spacial score (nSPS) is 13.0. The number of halogens is 2. The number of nitrogens with one attached hydrogen (secondary N) is 1. The third-order valence-electron chi connectivity index (χ3n) is 3.30. The Kier molecular flexibility index (Phi) is 4.61. The second kappa shape index (κ2) is 6.25. The van der Waals surface area contributed by atoms with Crippen molar-refractivity contribution in [3.05, 3.63) is 65.7 Å². The van der Waals surface area contributed by atoms with Gasteiger partial charge >= 0.3 is 0 Å². The Morgan fingerprint density at radius 3 is 2.00 bits per heavy atom. The Hall–Kier alpha value is -1.90. The zero-order valence-corrected chi connectivity index (χ0v) is 12.7. The highest BCUT2D eigenvalue weighted by Gasteiger charge is 2.22. The van der Waals surface area contributed by atoms with Crippen molar-refractivity contribution in [3.63, 3.8) is 0 Å². The van der Waals surface area contributed by atoms with Crippen LogP contribution in [0.1, 0.15) is 38.8 Å². The molecule has 0 aromatic heterocycles. The van der Waals surface area contributed by atoms with E-state index in [-0.39, 0.29) is 17.1 Å². The van der Waals surface area contributed by atoms with Gasteiger partial charge in [-0.1, -0.05) is 57.2 Å². The Morgan fingerprint density at radius 1 is 0.905 bits per heavy atom. The van der Waals surface area contributed by atoms with Crippen LogP contribution in [0.15, 0.2) is 48.5 Å². The molecule has 0 fully saturated rings. The van der Waals surface area contributed by atoms with Crippen molar-refractivity contribution in [1.82, 2.24) is 0 Å². The summed E-state index contributed by atoms with van der Waals surface area (Å²) in [7, 11) is 0. The maximum Gasteiger partial charge on any atom is 0.149 e. The van der Waals surface area contributed by atoms with Gasteiger partial charge in [-0.25, -0.2) is 8.78 Å². The molecule has 1 nitrogen and oxygen atoms in total. The van der Waals surface area contributed by atoms with E-state index >= 15 is 0 Å². The van der Waals surface area contributed by atoms with Gasteiger partial charge in [0.25, 0.3) is 0 Å². The monoisotopic (exact) mass is 289 g/mol. The number of anilines is 1. The van der Waals surface area contributed by atoms with Gasteiger partial charge in [-0.05, 0) is 29.5 Å². The van der Waals surface area contributed by atoms with E-state index in [1.807, 2.05) is 30.3 Å². The summed E-state index contributed by atoms with van der Waals surface area (Å²) in [5, 5.41) is 3.04. The van der Waals surface area contributed by atoms with Gasteiger partial charge in [-0.3, -0.25) is 0 Å². The fourth-order valence-electron chi connectivity index (χ4n) is 2.36. The molecule has 0 heterocycles. The van der Waals surface area contributed by atoms with E-state index in [0.717, 1.165) is 12.0 Å². The fourth-order valence-corrected chi connectivity index (χ4v) is 2.36. The minimum atomic E-state index is -0.565. The van der Waals surface area contributed by atoms with Gasteiger partial charge in [-0.2, -0.15) is 0 Å². The SMILES string of the molecule is CC(C)(C)CC(Nc1c(F)cccc1F)c1ccccc1. The van der Waals surface area contributed by atoms with E-state index in [9.17, 15) is 8.78 Å². The van der Waals surface area contributed by atoms with Gasteiger partial charge in [0.2, 0.25) is 0 Å². The summed E-state index contributed by atoms with van der Waals surface area (Å²) in [4.78, 5) is 0. The lowest BCUT2D eigenvalue weighted by Crippen LogP contribution is -2.19. The molecule has 1 atom stereocenters. The van der Waals surface area contributed by atoms with Crippen molar-refractivity contribution < 1.29 is 8.78 Å². The Morgan fingerprint density at radius 2 is 1.48 bits per heavy atom. The summed E-state index contributed by atoms with van der Waals surface area (Å²) in [6, 6.07) is 13.5. The molecular weight excluding hydrogens is 268 g/mol. The van der Waals surface area contributed by atoms with Crippen LogP contribution in [0.25, 0.3) is 0 Å². The second-order valence-electron chi connectivity index (χ2n) is 6.47. The lowest BCUT2D eigenvalue weighted by molar-refractivity contribution is 0.351. The first kappa shape index (κ1) is 15.5. The summed E-state index contributed by atoms with van der Waals surface area (Å²) in [6.45, 7) is 6.34. The highest BCUT2D eigenvalue weighted by Crippen LogP contribution is 2.33. The van der Waals surface area contributed by atoms with Crippen molar-refractivity contribution in [2.75, 3.05) is 5.32 Å². The third-order valence-corrected chi connectivity index (χ3v) is 3.30. The van der Waals surface area contributed by atoms with Gasteiger partial charge in [0.15, 0.2) is 0 Å². The predicted molar refractivity (Wildman–Crippen MR) is 83.2 cm³/mol. The van der Waals surface area contributed by atoms with Crippen molar-refractivity contribution >= 4 is 5.69 Å². The lowest BCUT2D eigenvalue weighted by Gasteiger charge is -2.28. The maximum absolute atomic E-state index is 13.9. The Labute approximate surface area is 125 Å². The summed E-state index contributed by atoms with van der Waals surface area (Å²) in [6.07, 6.45) is 0.769. The van der Waals surface area contributed by atoms with Crippen LogP contribution in [0.3, 0.4) is 0 Å². The third kappa shape index (κ3) is 4.28. The van der Waals surface area contributed by atoms with E-state index in [1.165, 1.54) is 18.2 Å². The Balaban J connectivity index is 2.33. The van der Waals surface area contributed by atoms with E-state index in [0.29, 0.717) is 0 Å². The first-order valence-corrected chi connectivity index (χ1v) is 7.12. The van der Waals surface area contributed by atoms with Crippen LogP contribution in [-0.4, -0.2) is 0 Å². The van der Waals surface area contributed by atoms with Crippen molar-refractivity contribution in [3.8, 4) is 0 Å². The first-order chi connectivity index (χ1) is 9.87. The molecule has 0 aliphatic carbocycles. The highest BCUT2D eigenvalue weighted by molar-refractivity contribution is 5.48. The van der Waals surface area contributed by atoms with Crippen molar-refractivity contribution in [2.45, 2.75) is 33.2 Å². The molecule has 0 bridgehead atoms. The summed E-state index contributed by atoms with van der Waals surface area (Å²) in [5.74, 6) is -1.13. The van der Waals surface area contributed by atoms with Crippen LogP contribution in [0.4, 0.5) is 14.5 Å². The van der Waals surface area contributed by atoms with E-state index in [4.69, 9.17) is 0 Å². The molecule has 0 saturated heterocycles. The summed E-state index contributed by atoms with van der Waals surface area (Å²) >= 11 is 0. The molecule has 1 N–H and O–H groups in total. The van der Waals surface area contributed by atoms with Crippen LogP contribution >= 0.6 is 0 Å². The van der Waals surface area contributed by atoms with Gasteiger partial charge in [0.1, 0.15) is 17.3 Å². The zero-order valence-electron chi connectivity index (χ0n) is 12.7. The molecule has 2 aromatic carbocycles. The minimum absolute atomic E-state index is 0.0369. The zero-order chi connectivity index (χ0) is 15.5. The molecule has 0 spiro atoms. The lowest BCUT2D eigenvalue weighted by atomic mass is 9.85. The molecule has 0 aliphatic heterocycles. The number of para-hydroxylation sites is 1. The van der Waals surface area contributed by atoms with Gasteiger partial charge in [0, 0.05) is 0 Å². The molecule has 112 valence electrons. The smallest absolute Gasteiger partial charge is 0.149 e. The predicted octanol–water partition coefficient (Wildman–Crippen LogP) is 5.55. The number of benzene rings is 2. The van der Waals surface area contributed by atoms with Gasteiger partial charge in [-0.15, -0.1) is 0 Å². The van der Waals surface area contributed by atoms with E-state index < -0.39 is 11.6 Å². The largest absolute Gasteiger partial charge is 0.373 e. The van der Waals surface area contributed by atoms with Crippen molar-refractivity contribution in [2.24, 2.45) is 5.41 Å². The minimum Gasteiger partial charge on any atom is -0.373 e. The van der Waals surface area contributed by atoms with Crippen LogP contribution in [0.5, 0.6) is 0 Å². The molecule has 0 aliphatic rings. The summed E-state index contributed by atoms with van der Waals surface area (Å²) < 4.78 is 27.7. The molecule has 0 saturated carbocycles. The van der Waals surface area contributed by atoms with Crippen LogP contribution in [-0.2, 0) is 0 Å². The van der Waals surface area contributed by atoms with Gasteiger partial charge in [0.05, 0.1) is 6.04 Å². The molecule has 2 rings (SSSR count). The van der Waals surface area contributed by atoms with Crippen molar-refractivity contribution in [1.29, 1.82) is 0 Å². The van der Waals surface area contributed by atoms with E-state index in [1.54, 1.807) is 0 Å². The van der Waals surface area contributed by atoms with Gasteiger partial charge < -0.3 is 5.32 Å². The fraction of sp³-hybridized carbons (Fsp3) is 0.333. The molecule has 3 heteroatoms. The molecule has 0 radical (unpaired) electrons. The number of hydrogen-bond acceptors (Lipinski definition) is 1. The molecular formula is C18H21F2N. The average molecular weight is 289 g/mol. The quantitative estimate of drug-likeness (QED) is 0.777. The second-order valence-corrected chi connectivity index (χ2v) is 6.47. The first-order valence-electron chi connectivity index (χ1n) is 7.12. The maximum atomic E-state index is 13.9. The number of hydrogen-bond donors (Lipinski definition) is 1. The number of rotatable bonds is 4. The van der Waals surface area contributed by atoms with Crippen LogP contribution < -0.4 is 5.32 Å². The Bertz CT molecular complexity index is 568. The molecule has 21 heavy (non-hydrogen) atoms. The van der Waals surface area contributed by atoms with Crippen LogP contribution in [0.2, 0.25) is 0 Å². The topological polar surface area (TPSA) is 12.0 Å². The molecule has 1 unspecified atom stereocenters. The highest BCUT2D eigenvalue weighted by atomic mass is 19.1. The van der Waals surface area contributed by atoms with E-state index in [2.05, 4.69) is 26.1 Å². The molecule has 0 amide bonds. The standard InChI is InChI=1S/C18H21F2N/c1-18(2,3)12-16(13-8-5-4-6-9-13)21-17-14(19)10-7-11-15(17)20/h4-11,16,21H,12H2,1-3H3. The average Bonchev–Trinajstić information content (AvgIpc) is 2.41. The molecule has 2 aromatic rings. The summed E-state index contributed by atoms with van der Waals surface area (Å²) in [5.41, 5.74) is 1.00.